The zero-order chi connectivity index (χ0) is 11.8. The Morgan fingerprint density at radius 3 is 3.00 bits per heavy atom. The highest BCUT2D eigenvalue weighted by Crippen LogP contribution is 2.31. The van der Waals surface area contributed by atoms with Gasteiger partial charge in [-0.25, -0.2) is 15.0 Å². The highest BCUT2D eigenvalue weighted by molar-refractivity contribution is 8.01. The second-order valence-corrected chi connectivity index (χ2v) is 5.19. The van der Waals surface area contributed by atoms with E-state index in [1.807, 2.05) is 6.92 Å². The van der Waals surface area contributed by atoms with E-state index < -0.39 is 0 Å². The zero-order valence-electron chi connectivity index (χ0n) is 8.71. The summed E-state index contributed by atoms with van der Waals surface area (Å²) in [4.78, 5) is 19.5. The van der Waals surface area contributed by atoms with E-state index in [4.69, 9.17) is 5.73 Å². The van der Waals surface area contributed by atoms with Crippen LogP contribution in [0.1, 0.15) is 5.82 Å². The first-order valence-corrected chi connectivity index (χ1v) is 6.26. The van der Waals surface area contributed by atoms with Crippen LogP contribution in [-0.4, -0.2) is 29.3 Å². The summed E-state index contributed by atoms with van der Waals surface area (Å²) in [5.41, 5.74) is 6.94. The highest BCUT2D eigenvalue weighted by Gasteiger charge is 2.12. The number of hydrogen-bond donors (Lipinski definition) is 2. The van der Waals surface area contributed by atoms with Crippen molar-refractivity contribution < 1.29 is 0 Å². The molecule has 7 nitrogen and oxygen atoms in total. The fourth-order valence-corrected chi connectivity index (χ4v) is 2.95. The first kappa shape index (κ1) is 10.4. The Labute approximate surface area is 104 Å². The van der Waals surface area contributed by atoms with Crippen molar-refractivity contribution in [2.24, 2.45) is 0 Å². The first-order valence-electron chi connectivity index (χ1n) is 4.67. The number of nitrogen functional groups attached to an aromatic ring is 1. The van der Waals surface area contributed by atoms with Crippen LogP contribution in [0.5, 0.6) is 0 Å². The number of aromatic nitrogens is 6. The molecule has 0 spiro atoms. The van der Waals surface area contributed by atoms with Crippen LogP contribution in [0.15, 0.2) is 15.7 Å². The lowest BCUT2D eigenvalue weighted by Gasteiger charge is -1.99. The van der Waals surface area contributed by atoms with Gasteiger partial charge in [0, 0.05) is 0 Å². The quantitative estimate of drug-likeness (QED) is 0.671. The number of fused-ring (bicyclic) bond motifs is 1. The van der Waals surface area contributed by atoms with Crippen LogP contribution in [0.2, 0.25) is 0 Å². The van der Waals surface area contributed by atoms with Crippen LogP contribution >= 0.6 is 23.3 Å². The third-order valence-corrected chi connectivity index (χ3v) is 3.79. The largest absolute Gasteiger partial charge is 0.368 e. The van der Waals surface area contributed by atoms with Crippen LogP contribution in [0.25, 0.3) is 11.2 Å². The maximum absolute atomic E-state index is 5.62. The Hall–Kier alpha value is -1.74. The molecule has 3 rings (SSSR count). The van der Waals surface area contributed by atoms with E-state index in [0.717, 1.165) is 15.7 Å². The molecule has 0 radical (unpaired) electrons. The third-order valence-electron chi connectivity index (χ3n) is 1.96. The standard InChI is InChI=1S/C8H7N7S2/c1-3-12-8(17-15-3)16-6-4-5(11-2-10-4)13-7(9)14-6/h2H,1H3,(H3,9,10,11,13,14). The van der Waals surface area contributed by atoms with Gasteiger partial charge in [0.25, 0.3) is 0 Å². The van der Waals surface area contributed by atoms with Crippen molar-refractivity contribution in [1.29, 1.82) is 0 Å². The van der Waals surface area contributed by atoms with Gasteiger partial charge in [-0.05, 0) is 30.2 Å². The number of aryl methyl sites for hydroxylation is 1. The summed E-state index contributed by atoms with van der Waals surface area (Å²) in [5.74, 6) is 0.953. The molecule has 0 aliphatic rings. The minimum atomic E-state index is 0.202. The first-order chi connectivity index (χ1) is 8.22. The molecule has 17 heavy (non-hydrogen) atoms. The molecule has 0 saturated heterocycles. The number of anilines is 1. The molecule has 86 valence electrons. The number of nitrogens with two attached hydrogens (primary N) is 1. The molecule has 3 aromatic heterocycles. The van der Waals surface area contributed by atoms with Crippen LogP contribution in [-0.2, 0) is 0 Å². The molecule has 0 amide bonds. The molecular formula is C8H7N7S2. The van der Waals surface area contributed by atoms with Crippen molar-refractivity contribution in [3.8, 4) is 0 Å². The maximum Gasteiger partial charge on any atom is 0.223 e. The molecule has 0 bridgehead atoms. The van der Waals surface area contributed by atoms with Crippen molar-refractivity contribution in [2.75, 3.05) is 5.73 Å². The Bertz CT molecular complexity index is 673. The minimum absolute atomic E-state index is 0.202. The van der Waals surface area contributed by atoms with Crippen LogP contribution < -0.4 is 5.73 Å². The van der Waals surface area contributed by atoms with E-state index in [2.05, 4.69) is 29.3 Å². The second kappa shape index (κ2) is 3.93. The van der Waals surface area contributed by atoms with Crippen molar-refractivity contribution in [3.05, 3.63) is 12.2 Å². The smallest absolute Gasteiger partial charge is 0.223 e. The number of nitrogens with zero attached hydrogens (tertiary/aromatic N) is 5. The van der Waals surface area contributed by atoms with Gasteiger partial charge in [0.1, 0.15) is 16.4 Å². The van der Waals surface area contributed by atoms with E-state index in [9.17, 15) is 0 Å². The van der Waals surface area contributed by atoms with Crippen LogP contribution in [0, 0.1) is 6.92 Å². The molecule has 0 aliphatic carbocycles. The molecule has 3 N–H and O–H groups in total. The number of H-pyrrole nitrogens is 1. The van der Waals surface area contributed by atoms with Crippen molar-refractivity contribution >= 4 is 40.4 Å². The van der Waals surface area contributed by atoms with E-state index in [-0.39, 0.29) is 5.95 Å². The van der Waals surface area contributed by atoms with Gasteiger partial charge in [0.2, 0.25) is 5.95 Å². The summed E-state index contributed by atoms with van der Waals surface area (Å²) < 4.78 is 4.93. The number of nitrogens with one attached hydrogen (secondary N) is 1. The average Bonchev–Trinajstić information content (AvgIpc) is 2.87. The van der Waals surface area contributed by atoms with Crippen molar-refractivity contribution in [1.82, 2.24) is 29.3 Å². The number of rotatable bonds is 2. The van der Waals surface area contributed by atoms with E-state index in [0.29, 0.717) is 10.7 Å². The summed E-state index contributed by atoms with van der Waals surface area (Å²) in [5, 5.41) is 0.709. The van der Waals surface area contributed by atoms with Crippen LogP contribution in [0.3, 0.4) is 0 Å². The molecule has 0 aromatic carbocycles. The van der Waals surface area contributed by atoms with Gasteiger partial charge in [-0.2, -0.15) is 9.36 Å². The highest BCUT2D eigenvalue weighted by atomic mass is 32.2. The van der Waals surface area contributed by atoms with Gasteiger partial charge in [0.15, 0.2) is 9.99 Å². The predicted octanol–water partition coefficient (Wildman–Crippen LogP) is 1.25. The fourth-order valence-electron chi connectivity index (χ4n) is 1.30. The minimum Gasteiger partial charge on any atom is -0.368 e. The predicted molar refractivity (Wildman–Crippen MR) is 64.9 cm³/mol. The van der Waals surface area contributed by atoms with Crippen molar-refractivity contribution in [2.45, 2.75) is 16.3 Å². The Morgan fingerprint density at radius 1 is 1.35 bits per heavy atom. The Morgan fingerprint density at radius 2 is 2.24 bits per heavy atom. The topological polar surface area (TPSA) is 106 Å². The summed E-state index contributed by atoms with van der Waals surface area (Å²) in [6.45, 7) is 1.85. The maximum atomic E-state index is 5.62. The Balaban J connectivity index is 2.07. The molecule has 3 heterocycles. The van der Waals surface area contributed by atoms with Crippen molar-refractivity contribution in [3.63, 3.8) is 0 Å². The van der Waals surface area contributed by atoms with E-state index in [1.54, 1.807) is 6.33 Å². The van der Waals surface area contributed by atoms with Gasteiger partial charge in [0.05, 0.1) is 6.33 Å². The zero-order valence-corrected chi connectivity index (χ0v) is 10.3. The number of imidazole rings is 1. The number of aromatic amines is 1. The third kappa shape index (κ3) is 1.94. The van der Waals surface area contributed by atoms with Gasteiger partial charge < -0.3 is 10.7 Å². The molecular weight excluding hydrogens is 258 g/mol. The molecule has 3 aromatic rings. The van der Waals surface area contributed by atoms with Gasteiger partial charge >= 0.3 is 0 Å². The average molecular weight is 265 g/mol. The van der Waals surface area contributed by atoms with Gasteiger partial charge in [-0.15, -0.1) is 0 Å². The summed E-state index contributed by atoms with van der Waals surface area (Å²) in [6.07, 6.45) is 1.56. The number of hydrogen-bond acceptors (Lipinski definition) is 8. The lowest BCUT2D eigenvalue weighted by molar-refractivity contribution is 1.08. The Kier molecular flexibility index (Phi) is 2.41. The summed E-state index contributed by atoms with van der Waals surface area (Å²) in [7, 11) is 0. The second-order valence-electron chi connectivity index (χ2n) is 3.20. The molecule has 0 aliphatic heterocycles. The summed E-state index contributed by atoms with van der Waals surface area (Å²) >= 11 is 2.73. The molecule has 0 saturated carbocycles. The van der Waals surface area contributed by atoms with Gasteiger partial charge in [-0.3, -0.25) is 0 Å². The normalized spacial score (nSPS) is 11.1. The lowest BCUT2D eigenvalue weighted by Crippen LogP contribution is -1.96. The van der Waals surface area contributed by atoms with Crippen LogP contribution in [0.4, 0.5) is 5.95 Å². The molecule has 9 heteroatoms. The SMILES string of the molecule is Cc1nsc(Sc2nc(N)nc3nc[nH]c23)n1. The lowest BCUT2D eigenvalue weighted by atomic mass is 10.5. The molecule has 0 atom stereocenters. The van der Waals surface area contributed by atoms with E-state index in [1.165, 1.54) is 23.3 Å². The monoisotopic (exact) mass is 265 g/mol. The molecule has 0 fully saturated rings. The van der Waals surface area contributed by atoms with Gasteiger partial charge in [-0.1, -0.05) is 0 Å². The summed E-state index contributed by atoms with van der Waals surface area (Å²) in [6, 6.07) is 0. The fraction of sp³-hybridized carbons (Fsp3) is 0.125. The molecule has 0 unspecified atom stereocenters. The van der Waals surface area contributed by atoms with E-state index >= 15 is 0 Å².